The first-order valence-corrected chi connectivity index (χ1v) is 10.7. The van der Waals surface area contributed by atoms with E-state index in [1.54, 1.807) is 0 Å². The number of Topliss-reactive ketones (excluding diaryl/α,β-unsaturated/α-hetero) is 1. The summed E-state index contributed by atoms with van der Waals surface area (Å²) in [5.41, 5.74) is 10.5. The van der Waals surface area contributed by atoms with Gasteiger partial charge in [0.2, 0.25) is 0 Å². The van der Waals surface area contributed by atoms with E-state index in [0.29, 0.717) is 29.8 Å². The van der Waals surface area contributed by atoms with Crippen LogP contribution in [0.25, 0.3) is 0 Å². The van der Waals surface area contributed by atoms with Crippen molar-refractivity contribution in [2.24, 2.45) is 5.73 Å². The summed E-state index contributed by atoms with van der Waals surface area (Å²) in [5.74, 6) is 0.0984. The Bertz CT molecular complexity index is 1080. The van der Waals surface area contributed by atoms with Gasteiger partial charge in [-0.25, -0.2) is 5.01 Å². The molecule has 0 saturated heterocycles. The molecule has 30 heavy (non-hydrogen) atoms. The third-order valence-electron chi connectivity index (χ3n) is 5.81. The van der Waals surface area contributed by atoms with Gasteiger partial charge in [-0.2, -0.15) is 5.26 Å². The third-order valence-corrected chi connectivity index (χ3v) is 6.34. The van der Waals surface area contributed by atoms with Crippen molar-refractivity contribution in [1.82, 2.24) is 10.0 Å². The van der Waals surface area contributed by atoms with Gasteiger partial charge in [0.25, 0.3) is 0 Å². The fourth-order valence-electron chi connectivity index (χ4n) is 4.52. The Morgan fingerprint density at radius 1 is 1.07 bits per heavy atom. The SMILES string of the molecule is CN(C)N1C(N)=C(C#N)C(c2ccc(Br)cc2)C2=C1CC(c1ccccc1)CC2=O. The number of rotatable bonds is 3. The first kappa shape index (κ1) is 20.4. The van der Waals surface area contributed by atoms with Crippen molar-refractivity contribution in [3.05, 3.63) is 92.9 Å². The maximum absolute atomic E-state index is 13.5. The normalized spacial score (nSPS) is 21.7. The highest BCUT2D eigenvalue weighted by Gasteiger charge is 2.43. The van der Waals surface area contributed by atoms with Crippen LogP contribution in [-0.4, -0.2) is 29.9 Å². The lowest BCUT2D eigenvalue weighted by molar-refractivity contribution is -0.117. The Morgan fingerprint density at radius 3 is 2.33 bits per heavy atom. The summed E-state index contributed by atoms with van der Waals surface area (Å²) in [6, 6.07) is 20.2. The van der Waals surface area contributed by atoms with Crippen LogP contribution >= 0.6 is 15.9 Å². The van der Waals surface area contributed by atoms with Gasteiger partial charge < -0.3 is 5.73 Å². The van der Waals surface area contributed by atoms with Crippen LogP contribution < -0.4 is 5.73 Å². The lowest BCUT2D eigenvalue weighted by atomic mass is 9.72. The number of nitriles is 1. The molecule has 1 heterocycles. The number of carbonyl (C=O) groups excluding carboxylic acids is 1. The average molecular weight is 463 g/mol. The molecule has 0 spiro atoms. The fourth-order valence-corrected chi connectivity index (χ4v) is 4.78. The zero-order valence-electron chi connectivity index (χ0n) is 17.0. The number of allylic oxidation sites excluding steroid dienone is 3. The number of nitrogens with two attached hydrogens (primary N) is 1. The second kappa shape index (κ2) is 8.10. The van der Waals surface area contributed by atoms with Crippen LogP contribution in [0.2, 0.25) is 0 Å². The van der Waals surface area contributed by atoms with Crippen LogP contribution in [0.4, 0.5) is 0 Å². The van der Waals surface area contributed by atoms with E-state index in [4.69, 9.17) is 5.73 Å². The van der Waals surface area contributed by atoms with Crippen molar-refractivity contribution in [2.75, 3.05) is 14.1 Å². The quantitative estimate of drug-likeness (QED) is 0.730. The van der Waals surface area contributed by atoms with Crippen LogP contribution in [0.5, 0.6) is 0 Å². The molecule has 152 valence electrons. The summed E-state index contributed by atoms with van der Waals surface area (Å²) in [4.78, 5) is 13.5. The first-order valence-electron chi connectivity index (χ1n) is 9.86. The van der Waals surface area contributed by atoms with E-state index in [0.717, 1.165) is 21.3 Å². The van der Waals surface area contributed by atoms with Crippen LogP contribution in [0.3, 0.4) is 0 Å². The third kappa shape index (κ3) is 3.45. The summed E-state index contributed by atoms with van der Waals surface area (Å²) < 4.78 is 0.945. The molecule has 6 heteroatoms. The maximum atomic E-state index is 13.5. The topological polar surface area (TPSA) is 73.4 Å². The van der Waals surface area contributed by atoms with Crippen molar-refractivity contribution >= 4 is 21.7 Å². The number of nitrogens with zero attached hydrogens (tertiary/aromatic N) is 3. The highest BCUT2D eigenvalue weighted by atomic mass is 79.9. The molecule has 0 amide bonds. The average Bonchev–Trinajstić information content (AvgIpc) is 2.73. The lowest BCUT2D eigenvalue weighted by Gasteiger charge is -2.43. The fraction of sp³-hybridized carbons (Fsp3) is 0.250. The molecule has 0 aromatic heterocycles. The Balaban J connectivity index is 1.89. The molecule has 1 aliphatic heterocycles. The summed E-state index contributed by atoms with van der Waals surface area (Å²) >= 11 is 3.46. The molecule has 4 rings (SSSR count). The summed E-state index contributed by atoms with van der Waals surface area (Å²) in [6.07, 6.45) is 1.12. The number of halogens is 1. The number of ketones is 1. The largest absolute Gasteiger partial charge is 0.383 e. The van der Waals surface area contributed by atoms with E-state index >= 15 is 0 Å². The number of carbonyl (C=O) groups is 1. The predicted molar refractivity (Wildman–Crippen MR) is 120 cm³/mol. The Morgan fingerprint density at radius 2 is 1.73 bits per heavy atom. The van der Waals surface area contributed by atoms with Crippen LogP contribution in [0.15, 0.2) is 81.7 Å². The van der Waals surface area contributed by atoms with Gasteiger partial charge in [0, 0.05) is 36.3 Å². The van der Waals surface area contributed by atoms with Crippen molar-refractivity contribution in [3.8, 4) is 6.07 Å². The molecule has 2 aromatic carbocycles. The number of hydrogen-bond acceptors (Lipinski definition) is 5. The predicted octanol–water partition coefficient (Wildman–Crippen LogP) is 4.42. The van der Waals surface area contributed by atoms with Crippen molar-refractivity contribution in [1.29, 1.82) is 5.26 Å². The van der Waals surface area contributed by atoms with Gasteiger partial charge in [0.05, 0.1) is 17.6 Å². The zero-order chi connectivity index (χ0) is 21.4. The first-order chi connectivity index (χ1) is 14.4. The molecule has 1 aliphatic carbocycles. The minimum absolute atomic E-state index is 0.0742. The standard InChI is InChI=1S/C24H23BrN4O/c1-28(2)29-20-12-17(15-6-4-3-5-7-15)13-21(30)23(20)22(19(14-26)24(29)27)16-8-10-18(25)11-9-16/h3-11,17,22H,12-13,27H2,1-2H3. The second-order valence-electron chi connectivity index (χ2n) is 7.85. The van der Waals surface area contributed by atoms with Gasteiger partial charge >= 0.3 is 0 Å². The second-order valence-corrected chi connectivity index (χ2v) is 8.77. The summed E-state index contributed by atoms with van der Waals surface area (Å²) in [6.45, 7) is 0. The van der Waals surface area contributed by atoms with Gasteiger partial charge in [0.1, 0.15) is 5.82 Å². The van der Waals surface area contributed by atoms with Crippen LogP contribution in [0, 0.1) is 11.3 Å². The minimum Gasteiger partial charge on any atom is -0.383 e. The molecule has 0 fully saturated rings. The molecule has 2 aliphatic rings. The van der Waals surface area contributed by atoms with E-state index in [1.807, 2.05) is 66.6 Å². The summed E-state index contributed by atoms with van der Waals surface area (Å²) in [5, 5.41) is 13.7. The van der Waals surface area contributed by atoms with E-state index in [1.165, 1.54) is 0 Å². The highest BCUT2D eigenvalue weighted by Crippen LogP contribution is 2.48. The van der Waals surface area contributed by atoms with E-state index < -0.39 is 5.92 Å². The number of hydrogen-bond donors (Lipinski definition) is 1. The maximum Gasteiger partial charge on any atom is 0.162 e. The lowest BCUT2D eigenvalue weighted by Crippen LogP contribution is -2.46. The van der Waals surface area contributed by atoms with Crippen molar-refractivity contribution in [2.45, 2.75) is 24.7 Å². The Hall–Kier alpha value is -2.88. The van der Waals surface area contributed by atoms with Crippen LogP contribution in [-0.2, 0) is 4.79 Å². The van der Waals surface area contributed by atoms with Gasteiger partial charge in [-0.15, -0.1) is 0 Å². The van der Waals surface area contributed by atoms with E-state index in [2.05, 4.69) is 34.1 Å². The highest BCUT2D eigenvalue weighted by molar-refractivity contribution is 9.10. The number of hydrazine groups is 1. The van der Waals surface area contributed by atoms with Gasteiger partial charge in [-0.1, -0.05) is 58.4 Å². The molecule has 2 unspecified atom stereocenters. The van der Waals surface area contributed by atoms with Gasteiger partial charge in [-0.05, 0) is 35.6 Å². The molecule has 0 bridgehead atoms. The zero-order valence-corrected chi connectivity index (χ0v) is 18.6. The Labute approximate surface area is 185 Å². The molecular weight excluding hydrogens is 440 g/mol. The Kier molecular flexibility index (Phi) is 5.50. The minimum atomic E-state index is -0.446. The van der Waals surface area contributed by atoms with Gasteiger partial charge in [0.15, 0.2) is 5.78 Å². The smallest absolute Gasteiger partial charge is 0.162 e. The molecule has 5 nitrogen and oxygen atoms in total. The van der Waals surface area contributed by atoms with Crippen LogP contribution in [0.1, 0.15) is 35.8 Å². The molecule has 2 atom stereocenters. The van der Waals surface area contributed by atoms with Crippen molar-refractivity contribution < 1.29 is 4.79 Å². The summed E-state index contributed by atoms with van der Waals surface area (Å²) in [7, 11) is 3.76. The molecule has 2 aromatic rings. The van der Waals surface area contributed by atoms with Crippen molar-refractivity contribution in [3.63, 3.8) is 0 Å². The van der Waals surface area contributed by atoms with Gasteiger partial charge in [-0.3, -0.25) is 9.80 Å². The monoisotopic (exact) mass is 462 g/mol. The van der Waals surface area contributed by atoms with E-state index in [-0.39, 0.29) is 11.7 Å². The van der Waals surface area contributed by atoms with E-state index in [9.17, 15) is 10.1 Å². The molecule has 0 saturated carbocycles. The number of benzene rings is 2. The molecular formula is C24H23BrN4O. The molecule has 2 N–H and O–H groups in total. The molecule has 0 radical (unpaired) electrons.